The number of fused-ring (bicyclic) bond motifs is 1. The third kappa shape index (κ3) is 1.89. The lowest BCUT2D eigenvalue weighted by atomic mass is 10.0. The van der Waals surface area contributed by atoms with E-state index >= 15 is 0 Å². The highest BCUT2D eigenvalue weighted by Gasteiger charge is 2.07. The number of rotatable bonds is 3. The highest BCUT2D eigenvalue weighted by atomic mass is 16.3. The minimum atomic E-state index is 0.614. The van der Waals surface area contributed by atoms with Crippen molar-refractivity contribution in [2.75, 3.05) is 6.54 Å². The Balaban J connectivity index is 2.11. The van der Waals surface area contributed by atoms with Crippen molar-refractivity contribution in [1.82, 2.24) is 4.98 Å². The Hall–Kier alpha value is -2.13. The van der Waals surface area contributed by atoms with Gasteiger partial charge in [0.05, 0.1) is 6.26 Å². The van der Waals surface area contributed by atoms with E-state index in [1.807, 2.05) is 30.5 Å². The molecular weight excluding hydrogens is 224 g/mol. The maximum Gasteiger partial charge on any atom is 0.134 e. The summed E-state index contributed by atoms with van der Waals surface area (Å²) in [5.74, 6) is 0. The van der Waals surface area contributed by atoms with Crippen LogP contribution in [0.15, 0.2) is 53.3 Å². The van der Waals surface area contributed by atoms with Gasteiger partial charge in [0, 0.05) is 29.3 Å². The third-order valence-corrected chi connectivity index (χ3v) is 3.01. The molecule has 0 aliphatic carbocycles. The van der Waals surface area contributed by atoms with E-state index in [4.69, 9.17) is 10.2 Å². The molecule has 0 bridgehead atoms. The van der Waals surface area contributed by atoms with Gasteiger partial charge in [-0.25, -0.2) is 0 Å². The summed E-state index contributed by atoms with van der Waals surface area (Å²) >= 11 is 0. The molecule has 0 radical (unpaired) electrons. The Kier molecular flexibility index (Phi) is 2.82. The van der Waals surface area contributed by atoms with Crippen molar-refractivity contribution in [3.8, 4) is 11.1 Å². The van der Waals surface area contributed by atoms with Crippen LogP contribution in [0, 0.1) is 0 Å². The second-order valence-electron chi connectivity index (χ2n) is 4.22. The minimum absolute atomic E-state index is 0.614. The lowest BCUT2D eigenvalue weighted by Crippen LogP contribution is -2.04. The van der Waals surface area contributed by atoms with E-state index in [1.54, 1.807) is 6.26 Å². The number of hydrogen-bond donors (Lipinski definition) is 1. The summed E-state index contributed by atoms with van der Waals surface area (Å²) in [7, 11) is 0. The van der Waals surface area contributed by atoms with Gasteiger partial charge in [0.1, 0.15) is 5.58 Å². The first-order chi connectivity index (χ1) is 8.88. The van der Waals surface area contributed by atoms with Gasteiger partial charge in [0.15, 0.2) is 0 Å². The van der Waals surface area contributed by atoms with Gasteiger partial charge < -0.3 is 10.2 Å². The van der Waals surface area contributed by atoms with Gasteiger partial charge in [0.25, 0.3) is 0 Å². The van der Waals surface area contributed by atoms with Crippen molar-refractivity contribution >= 4 is 11.0 Å². The Morgan fingerprint density at radius 2 is 2.06 bits per heavy atom. The molecule has 2 aromatic heterocycles. The third-order valence-electron chi connectivity index (χ3n) is 3.01. The topological polar surface area (TPSA) is 52.0 Å². The number of nitrogens with two attached hydrogens (primary N) is 1. The molecule has 3 rings (SSSR count). The number of benzene rings is 1. The molecule has 0 aliphatic rings. The second-order valence-corrected chi connectivity index (χ2v) is 4.22. The van der Waals surface area contributed by atoms with Gasteiger partial charge in [0.2, 0.25) is 0 Å². The fourth-order valence-electron chi connectivity index (χ4n) is 2.13. The molecule has 90 valence electrons. The van der Waals surface area contributed by atoms with E-state index < -0.39 is 0 Å². The van der Waals surface area contributed by atoms with Gasteiger partial charge in [-0.2, -0.15) is 0 Å². The molecule has 3 aromatic rings. The fourth-order valence-corrected chi connectivity index (χ4v) is 2.13. The van der Waals surface area contributed by atoms with Gasteiger partial charge in [-0.3, -0.25) is 4.98 Å². The van der Waals surface area contributed by atoms with Crippen molar-refractivity contribution in [3.63, 3.8) is 0 Å². The summed E-state index contributed by atoms with van der Waals surface area (Å²) in [6, 6.07) is 12.1. The minimum Gasteiger partial charge on any atom is -0.464 e. The zero-order chi connectivity index (χ0) is 12.4. The molecule has 0 saturated carbocycles. The Bertz CT molecular complexity index is 673. The van der Waals surface area contributed by atoms with Crippen LogP contribution in [0.5, 0.6) is 0 Å². The van der Waals surface area contributed by atoms with Crippen molar-refractivity contribution in [3.05, 3.63) is 54.6 Å². The van der Waals surface area contributed by atoms with Crippen LogP contribution in [-0.4, -0.2) is 11.5 Å². The van der Waals surface area contributed by atoms with Crippen molar-refractivity contribution in [2.45, 2.75) is 6.42 Å². The number of nitrogens with zero attached hydrogens (tertiary/aromatic N) is 1. The smallest absolute Gasteiger partial charge is 0.134 e. The summed E-state index contributed by atoms with van der Waals surface area (Å²) in [5.41, 5.74) is 9.71. The fraction of sp³-hybridized carbons (Fsp3) is 0.133. The van der Waals surface area contributed by atoms with E-state index in [1.165, 1.54) is 0 Å². The largest absolute Gasteiger partial charge is 0.464 e. The summed E-state index contributed by atoms with van der Waals surface area (Å²) in [6.07, 6.45) is 4.41. The normalized spacial score (nSPS) is 10.9. The van der Waals surface area contributed by atoms with Crippen LogP contribution in [0.4, 0.5) is 0 Å². The molecule has 3 heteroatoms. The monoisotopic (exact) mass is 238 g/mol. The Labute approximate surface area is 105 Å². The molecule has 0 atom stereocenters. The van der Waals surface area contributed by atoms with Crippen molar-refractivity contribution in [2.24, 2.45) is 5.73 Å². The van der Waals surface area contributed by atoms with E-state index in [0.717, 1.165) is 34.2 Å². The average molecular weight is 238 g/mol. The molecule has 2 N–H and O–H groups in total. The molecule has 2 heterocycles. The van der Waals surface area contributed by atoms with E-state index in [2.05, 4.69) is 17.1 Å². The van der Waals surface area contributed by atoms with Crippen LogP contribution in [0.3, 0.4) is 0 Å². The number of furan rings is 1. The Morgan fingerprint density at radius 3 is 2.94 bits per heavy atom. The summed E-state index contributed by atoms with van der Waals surface area (Å²) < 4.78 is 5.56. The zero-order valence-corrected chi connectivity index (χ0v) is 9.97. The molecule has 0 saturated heterocycles. The molecule has 0 unspecified atom stereocenters. The van der Waals surface area contributed by atoms with E-state index in [9.17, 15) is 0 Å². The molecule has 3 nitrogen and oxygen atoms in total. The van der Waals surface area contributed by atoms with Crippen LogP contribution < -0.4 is 5.73 Å². The average Bonchev–Trinajstić information content (AvgIpc) is 2.83. The van der Waals surface area contributed by atoms with Gasteiger partial charge >= 0.3 is 0 Å². The van der Waals surface area contributed by atoms with Crippen molar-refractivity contribution < 1.29 is 4.42 Å². The van der Waals surface area contributed by atoms with Gasteiger partial charge in [-0.1, -0.05) is 18.2 Å². The highest BCUT2D eigenvalue weighted by Crippen LogP contribution is 2.30. The molecule has 1 aromatic carbocycles. The summed E-state index contributed by atoms with van der Waals surface area (Å²) in [5, 5.41) is 1.13. The van der Waals surface area contributed by atoms with Crippen LogP contribution in [0.2, 0.25) is 0 Å². The quantitative estimate of drug-likeness (QED) is 0.763. The van der Waals surface area contributed by atoms with Crippen molar-refractivity contribution in [1.29, 1.82) is 0 Å². The molecule has 0 spiro atoms. The summed E-state index contributed by atoms with van der Waals surface area (Å²) in [6.45, 7) is 0.614. The lowest BCUT2D eigenvalue weighted by molar-refractivity contribution is 0.617. The van der Waals surface area contributed by atoms with E-state index in [-0.39, 0.29) is 0 Å². The Morgan fingerprint density at radius 1 is 1.17 bits per heavy atom. The maximum atomic E-state index is 5.56. The molecule has 0 amide bonds. The number of hydrogen-bond acceptors (Lipinski definition) is 3. The number of pyridine rings is 1. The van der Waals surface area contributed by atoms with Gasteiger partial charge in [-0.15, -0.1) is 0 Å². The molecule has 18 heavy (non-hydrogen) atoms. The standard InChI is InChI=1S/C15H14N2O/c16-7-5-12-9-11(6-8-17-12)14-10-18-15-4-2-1-3-13(14)15/h1-4,6,8-10H,5,7,16H2. The number of para-hydroxylation sites is 1. The van der Waals surface area contributed by atoms with E-state index in [0.29, 0.717) is 6.54 Å². The second kappa shape index (κ2) is 4.63. The van der Waals surface area contributed by atoms with Crippen LogP contribution in [0.25, 0.3) is 22.1 Å². The van der Waals surface area contributed by atoms with Gasteiger partial charge in [-0.05, 0) is 30.3 Å². The van der Waals surface area contributed by atoms with Crippen LogP contribution >= 0.6 is 0 Å². The zero-order valence-electron chi connectivity index (χ0n) is 9.97. The molecular formula is C15H14N2O. The first-order valence-electron chi connectivity index (χ1n) is 6.00. The summed E-state index contributed by atoms with van der Waals surface area (Å²) in [4.78, 5) is 4.31. The van der Waals surface area contributed by atoms with Crippen LogP contribution in [-0.2, 0) is 6.42 Å². The predicted molar refractivity (Wildman–Crippen MR) is 72.2 cm³/mol. The first kappa shape index (κ1) is 11.0. The predicted octanol–water partition coefficient (Wildman–Crippen LogP) is 3.00. The lowest BCUT2D eigenvalue weighted by Gasteiger charge is -2.02. The maximum absolute atomic E-state index is 5.56. The number of aromatic nitrogens is 1. The van der Waals surface area contributed by atoms with Crippen LogP contribution in [0.1, 0.15) is 5.69 Å². The molecule has 0 aliphatic heterocycles. The SMILES string of the molecule is NCCc1cc(-c2coc3ccccc23)ccn1. The molecule has 0 fully saturated rings. The highest BCUT2D eigenvalue weighted by molar-refractivity contribution is 5.93. The first-order valence-corrected chi connectivity index (χ1v) is 6.00.